The number of aromatic nitrogens is 1. The molecule has 1 atom stereocenters. The summed E-state index contributed by atoms with van der Waals surface area (Å²) in [6, 6.07) is 4.30. The van der Waals surface area contributed by atoms with Crippen LogP contribution in [0, 0.1) is 5.92 Å². The highest BCUT2D eigenvalue weighted by atomic mass is 14.9. The van der Waals surface area contributed by atoms with Crippen LogP contribution in [0.2, 0.25) is 0 Å². The monoisotopic (exact) mass is 205 g/mol. The molecule has 1 unspecified atom stereocenters. The van der Waals surface area contributed by atoms with Crippen molar-refractivity contribution in [2.24, 2.45) is 11.7 Å². The minimum atomic E-state index is 0.262. The first-order valence-electron chi connectivity index (χ1n) is 5.73. The number of nitrogens with two attached hydrogens (primary N) is 1. The molecule has 3 nitrogen and oxygen atoms in total. The molecule has 82 valence electrons. The lowest BCUT2D eigenvalue weighted by Gasteiger charge is -2.16. The molecule has 1 aromatic heterocycles. The zero-order valence-corrected chi connectivity index (χ0v) is 9.02. The predicted molar refractivity (Wildman–Crippen MR) is 61.4 cm³/mol. The van der Waals surface area contributed by atoms with Gasteiger partial charge in [0.25, 0.3) is 0 Å². The van der Waals surface area contributed by atoms with Crippen LogP contribution >= 0.6 is 0 Å². The maximum absolute atomic E-state index is 5.75. The van der Waals surface area contributed by atoms with E-state index < -0.39 is 0 Å². The third kappa shape index (κ3) is 3.29. The van der Waals surface area contributed by atoms with Crippen molar-refractivity contribution in [3.63, 3.8) is 0 Å². The maximum atomic E-state index is 5.75. The van der Waals surface area contributed by atoms with Gasteiger partial charge in [-0.3, -0.25) is 4.98 Å². The van der Waals surface area contributed by atoms with Crippen LogP contribution in [-0.2, 0) is 0 Å². The summed E-state index contributed by atoms with van der Waals surface area (Å²) < 4.78 is 0. The highest BCUT2D eigenvalue weighted by Crippen LogP contribution is 2.31. The number of pyridine rings is 1. The van der Waals surface area contributed by atoms with E-state index in [0.29, 0.717) is 6.54 Å². The van der Waals surface area contributed by atoms with Crippen molar-refractivity contribution in [2.45, 2.75) is 25.3 Å². The van der Waals surface area contributed by atoms with E-state index in [0.717, 1.165) is 12.5 Å². The second kappa shape index (κ2) is 5.24. The molecule has 0 spiro atoms. The summed E-state index contributed by atoms with van der Waals surface area (Å²) in [5.41, 5.74) is 6.94. The van der Waals surface area contributed by atoms with Crippen LogP contribution < -0.4 is 11.1 Å². The summed E-state index contributed by atoms with van der Waals surface area (Å²) >= 11 is 0. The largest absolute Gasteiger partial charge is 0.329 e. The Kier molecular flexibility index (Phi) is 3.69. The predicted octanol–water partition coefficient (Wildman–Crippen LogP) is 1.47. The summed E-state index contributed by atoms with van der Waals surface area (Å²) in [7, 11) is 0. The lowest BCUT2D eigenvalue weighted by atomic mass is 10.1. The quantitative estimate of drug-likeness (QED) is 0.739. The molecular formula is C12H19N3. The topological polar surface area (TPSA) is 50.9 Å². The molecule has 3 heteroatoms. The van der Waals surface area contributed by atoms with Crippen molar-refractivity contribution in [3.8, 4) is 0 Å². The van der Waals surface area contributed by atoms with Crippen LogP contribution in [-0.4, -0.2) is 18.1 Å². The molecule has 1 heterocycles. The first-order valence-corrected chi connectivity index (χ1v) is 5.73. The average molecular weight is 205 g/mol. The molecule has 1 aliphatic rings. The normalized spacial score (nSPS) is 17.7. The molecule has 0 amide bonds. The van der Waals surface area contributed by atoms with Crippen LogP contribution in [0.4, 0.5) is 0 Å². The Hall–Kier alpha value is -0.930. The van der Waals surface area contributed by atoms with E-state index in [4.69, 9.17) is 5.73 Å². The van der Waals surface area contributed by atoms with Crippen molar-refractivity contribution in [3.05, 3.63) is 30.1 Å². The Bertz CT molecular complexity index is 282. The Balaban J connectivity index is 1.80. The van der Waals surface area contributed by atoms with Gasteiger partial charge in [-0.15, -0.1) is 0 Å². The van der Waals surface area contributed by atoms with Gasteiger partial charge < -0.3 is 11.1 Å². The molecule has 0 aliphatic heterocycles. The SMILES string of the molecule is NCC(NCCC1CC1)c1cccnc1. The second-order valence-electron chi connectivity index (χ2n) is 4.26. The van der Waals surface area contributed by atoms with Gasteiger partial charge in [0.1, 0.15) is 0 Å². The van der Waals surface area contributed by atoms with Crippen molar-refractivity contribution < 1.29 is 0 Å². The molecule has 0 radical (unpaired) electrons. The van der Waals surface area contributed by atoms with E-state index >= 15 is 0 Å². The summed E-state index contributed by atoms with van der Waals surface area (Å²) in [6.07, 6.45) is 7.81. The average Bonchev–Trinajstić information content (AvgIpc) is 3.10. The van der Waals surface area contributed by atoms with E-state index in [1.54, 1.807) is 6.20 Å². The Labute approximate surface area is 91.1 Å². The zero-order valence-electron chi connectivity index (χ0n) is 9.02. The van der Waals surface area contributed by atoms with Gasteiger partial charge in [-0.2, -0.15) is 0 Å². The summed E-state index contributed by atoms with van der Waals surface area (Å²) in [5.74, 6) is 0.977. The molecule has 3 N–H and O–H groups in total. The number of nitrogens with one attached hydrogen (secondary N) is 1. The molecule has 0 aromatic carbocycles. The van der Waals surface area contributed by atoms with Crippen molar-refractivity contribution in [1.82, 2.24) is 10.3 Å². The summed E-state index contributed by atoms with van der Waals surface area (Å²) in [4.78, 5) is 4.11. The van der Waals surface area contributed by atoms with Gasteiger partial charge in [0.15, 0.2) is 0 Å². The number of hydrogen-bond acceptors (Lipinski definition) is 3. The van der Waals surface area contributed by atoms with E-state index in [1.807, 2.05) is 12.3 Å². The molecule has 15 heavy (non-hydrogen) atoms. The second-order valence-corrected chi connectivity index (χ2v) is 4.26. The molecular weight excluding hydrogens is 186 g/mol. The fourth-order valence-electron chi connectivity index (χ4n) is 1.79. The molecule has 0 bridgehead atoms. The maximum Gasteiger partial charge on any atom is 0.0459 e. The third-order valence-electron chi connectivity index (χ3n) is 2.96. The zero-order chi connectivity index (χ0) is 10.5. The molecule has 1 aromatic rings. The lowest BCUT2D eigenvalue weighted by Crippen LogP contribution is -2.29. The fourth-order valence-corrected chi connectivity index (χ4v) is 1.79. The molecule has 1 fully saturated rings. The van der Waals surface area contributed by atoms with Crippen molar-refractivity contribution >= 4 is 0 Å². The van der Waals surface area contributed by atoms with Gasteiger partial charge in [-0.1, -0.05) is 18.9 Å². The standard InChI is InChI=1S/C12H19N3/c13-8-12(11-2-1-6-14-9-11)15-7-5-10-3-4-10/h1-2,6,9-10,12,15H,3-5,7-8,13H2. The van der Waals surface area contributed by atoms with Gasteiger partial charge >= 0.3 is 0 Å². The van der Waals surface area contributed by atoms with Crippen LogP contribution in [0.25, 0.3) is 0 Å². The number of rotatable bonds is 6. The van der Waals surface area contributed by atoms with Gasteiger partial charge in [0.2, 0.25) is 0 Å². The summed E-state index contributed by atoms with van der Waals surface area (Å²) in [6.45, 7) is 1.71. The highest BCUT2D eigenvalue weighted by molar-refractivity contribution is 5.14. The third-order valence-corrected chi connectivity index (χ3v) is 2.96. The first kappa shape index (κ1) is 10.6. The van der Waals surface area contributed by atoms with Crippen LogP contribution in [0.3, 0.4) is 0 Å². The van der Waals surface area contributed by atoms with Gasteiger partial charge in [0.05, 0.1) is 0 Å². The Morgan fingerprint density at radius 2 is 2.40 bits per heavy atom. The lowest BCUT2D eigenvalue weighted by molar-refractivity contribution is 0.515. The minimum absolute atomic E-state index is 0.262. The summed E-state index contributed by atoms with van der Waals surface area (Å²) in [5, 5.41) is 3.49. The molecule has 0 saturated heterocycles. The Morgan fingerprint density at radius 1 is 1.53 bits per heavy atom. The van der Waals surface area contributed by atoms with Gasteiger partial charge in [-0.05, 0) is 30.5 Å². The van der Waals surface area contributed by atoms with E-state index in [-0.39, 0.29) is 6.04 Å². The molecule has 1 aliphatic carbocycles. The minimum Gasteiger partial charge on any atom is -0.329 e. The molecule has 2 rings (SSSR count). The van der Waals surface area contributed by atoms with E-state index in [1.165, 1.54) is 24.8 Å². The smallest absolute Gasteiger partial charge is 0.0459 e. The Morgan fingerprint density at radius 3 is 3.00 bits per heavy atom. The van der Waals surface area contributed by atoms with E-state index in [9.17, 15) is 0 Å². The van der Waals surface area contributed by atoms with Crippen molar-refractivity contribution in [1.29, 1.82) is 0 Å². The van der Waals surface area contributed by atoms with Crippen LogP contribution in [0.15, 0.2) is 24.5 Å². The van der Waals surface area contributed by atoms with Crippen LogP contribution in [0.5, 0.6) is 0 Å². The van der Waals surface area contributed by atoms with Gasteiger partial charge in [-0.25, -0.2) is 0 Å². The van der Waals surface area contributed by atoms with Crippen LogP contribution in [0.1, 0.15) is 30.9 Å². The van der Waals surface area contributed by atoms with Crippen molar-refractivity contribution in [2.75, 3.05) is 13.1 Å². The number of hydrogen-bond donors (Lipinski definition) is 2. The van der Waals surface area contributed by atoms with Gasteiger partial charge in [0, 0.05) is 25.0 Å². The fraction of sp³-hybridized carbons (Fsp3) is 0.583. The van der Waals surface area contributed by atoms with E-state index in [2.05, 4.69) is 16.4 Å². The number of nitrogens with zero attached hydrogens (tertiary/aromatic N) is 1. The first-order chi connectivity index (χ1) is 7.40. The highest BCUT2D eigenvalue weighted by Gasteiger charge is 2.20. The molecule has 1 saturated carbocycles.